The SMILES string of the molecule is CC(C)[C@@H](CC(=O)NC[C@H](Cc1ccc2c(c1)CC(=O)N2)N(C)C)c1ccccc1.CC(C)[C@@H](CC(=O)O)c1ccccc1.CN(C)[C@H](CN)Cc1ccc2c(c1)CC(=O)N2. The Morgan fingerprint density at radius 1 is 0.656 bits per heavy atom. The Labute approximate surface area is 363 Å². The minimum absolute atomic E-state index is 0.0525. The fraction of sp³-hybridized carbons (Fsp3) is 0.440. The first-order valence-electron chi connectivity index (χ1n) is 21.5. The molecule has 3 amide bonds. The van der Waals surface area contributed by atoms with Gasteiger partial charge in [-0.05, 0) is 110 Å². The number of fused-ring (bicyclic) bond motifs is 2. The number of amides is 3. The summed E-state index contributed by atoms with van der Waals surface area (Å²) in [6.45, 7) is 9.68. The van der Waals surface area contributed by atoms with E-state index in [0.717, 1.165) is 40.9 Å². The van der Waals surface area contributed by atoms with Crippen molar-refractivity contribution in [1.82, 2.24) is 15.1 Å². The van der Waals surface area contributed by atoms with Crippen molar-refractivity contribution in [3.63, 3.8) is 0 Å². The van der Waals surface area contributed by atoms with E-state index in [4.69, 9.17) is 10.8 Å². The lowest BCUT2D eigenvalue weighted by Gasteiger charge is -2.26. The molecule has 0 aliphatic carbocycles. The normalized spacial score (nSPS) is 14.8. The van der Waals surface area contributed by atoms with Gasteiger partial charge in [-0.1, -0.05) is 113 Å². The summed E-state index contributed by atoms with van der Waals surface area (Å²) in [5.74, 6) is 0.580. The maximum atomic E-state index is 12.7. The van der Waals surface area contributed by atoms with E-state index in [-0.39, 0.29) is 42.0 Å². The number of rotatable bonds is 17. The van der Waals surface area contributed by atoms with Gasteiger partial charge in [0, 0.05) is 43.0 Å². The van der Waals surface area contributed by atoms with Crippen LogP contribution in [-0.4, -0.2) is 92.0 Å². The van der Waals surface area contributed by atoms with Crippen LogP contribution in [0.3, 0.4) is 0 Å². The van der Waals surface area contributed by atoms with Gasteiger partial charge >= 0.3 is 5.97 Å². The molecule has 2 aliphatic rings. The van der Waals surface area contributed by atoms with Crippen molar-refractivity contribution >= 4 is 35.1 Å². The molecule has 11 heteroatoms. The maximum Gasteiger partial charge on any atom is 0.303 e. The van der Waals surface area contributed by atoms with E-state index in [1.54, 1.807) is 0 Å². The van der Waals surface area contributed by atoms with E-state index in [0.29, 0.717) is 50.2 Å². The summed E-state index contributed by atoms with van der Waals surface area (Å²) in [5, 5.41) is 17.7. The highest BCUT2D eigenvalue weighted by Gasteiger charge is 2.23. The monoisotopic (exact) mass is 833 g/mol. The second-order valence-electron chi connectivity index (χ2n) is 17.4. The van der Waals surface area contributed by atoms with Crippen molar-refractivity contribution in [1.29, 1.82) is 0 Å². The fourth-order valence-corrected chi connectivity index (χ4v) is 7.85. The van der Waals surface area contributed by atoms with Crippen LogP contribution in [0.2, 0.25) is 0 Å². The minimum Gasteiger partial charge on any atom is -0.481 e. The van der Waals surface area contributed by atoms with E-state index in [1.165, 1.54) is 16.7 Å². The topological polar surface area (TPSA) is 157 Å². The Kier molecular flexibility index (Phi) is 18.7. The molecule has 2 aliphatic heterocycles. The molecule has 6 N–H and O–H groups in total. The molecule has 4 atom stereocenters. The highest BCUT2D eigenvalue weighted by Crippen LogP contribution is 2.29. The largest absolute Gasteiger partial charge is 0.481 e. The van der Waals surface area contributed by atoms with Crippen molar-refractivity contribution in [2.45, 2.75) is 90.1 Å². The summed E-state index contributed by atoms with van der Waals surface area (Å²) in [4.78, 5) is 50.5. The molecule has 328 valence electrons. The van der Waals surface area contributed by atoms with Crippen LogP contribution in [0.15, 0.2) is 97.1 Å². The van der Waals surface area contributed by atoms with Gasteiger partial charge in [0.05, 0.1) is 19.3 Å². The summed E-state index contributed by atoms with van der Waals surface area (Å²) in [5.41, 5.74) is 14.5. The van der Waals surface area contributed by atoms with E-state index in [9.17, 15) is 19.2 Å². The highest BCUT2D eigenvalue weighted by atomic mass is 16.4. The van der Waals surface area contributed by atoms with Crippen LogP contribution in [0.4, 0.5) is 11.4 Å². The predicted octanol–water partition coefficient (Wildman–Crippen LogP) is 7.11. The quantitative estimate of drug-likeness (QED) is 0.0754. The van der Waals surface area contributed by atoms with Crippen molar-refractivity contribution in [2.75, 3.05) is 51.9 Å². The van der Waals surface area contributed by atoms with Gasteiger partial charge in [0.15, 0.2) is 0 Å². The number of anilines is 2. The first-order valence-corrected chi connectivity index (χ1v) is 21.5. The summed E-state index contributed by atoms with van der Waals surface area (Å²) < 4.78 is 0. The molecule has 0 unspecified atom stereocenters. The van der Waals surface area contributed by atoms with Crippen LogP contribution in [0.1, 0.15) is 85.8 Å². The number of hydrogen-bond acceptors (Lipinski definition) is 7. The lowest BCUT2D eigenvalue weighted by atomic mass is 9.85. The zero-order valence-corrected chi connectivity index (χ0v) is 37.4. The number of nitrogens with two attached hydrogens (primary N) is 1. The number of nitrogens with zero attached hydrogens (tertiary/aromatic N) is 2. The fourth-order valence-electron chi connectivity index (χ4n) is 7.85. The average molecular weight is 833 g/mol. The second-order valence-corrected chi connectivity index (χ2v) is 17.4. The first kappa shape index (κ1) is 48.3. The number of carbonyl (C=O) groups is 4. The number of likely N-dealkylation sites (N-methyl/N-ethyl adjacent to an activating group) is 2. The molecule has 11 nitrogen and oxygen atoms in total. The van der Waals surface area contributed by atoms with Crippen molar-refractivity contribution < 1.29 is 24.3 Å². The van der Waals surface area contributed by atoms with Crippen LogP contribution in [0, 0.1) is 11.8 Å². The third-order valence-electron chi connectivity index (χ3n) is 11.7. The molecule has 4 aromatic carbocycles. The van der Waals surface area contributed by atoms with Crippen LogP contribution < -0.4 is 21.7 Å². The van der Waals surface area contributed by atoms with Gasteiger partial charge in [0.25, 0.3) is 0 Å². The van der Waals surface area contributed by atoms with E-state index in [1.807, 2.05) is 88.9 Å². The summed E-state index contributed by atoms with van der Waals surface area (Å²) in [6, 6.07) is 33.0. The lowest BCUT2D eigenvalue weighted by molar-refractivity contribution is -0.137. The van der Waals surface area contributed by atoms with Crippen LogP contribution in [0.5, 0.6) is 0 Å². The molecule has 4 aromatic rings. The van der Waals surface area contributed by atoms with Gasteiger partial charge in [-0.15, -0.1) is 0 Å². The van der Waals surface area contributed by atoms with E-state index >= 15 is 0 Å². The third-order valence-corrected chi connectivity index (χ3v) is 11.7. The molecule has 0 radical (unpaired) electrons. The third kappa shape index (κ3) is 15.3. The minimum atomic E-state index is -0.729. The molecular weight excluding hydrogens is 765 g/mol. The van der Waals surface area contributed by atoms with Crippen LogP contribution in [-0.2, 0) is 44.9 Å². The molecule has 2 heterocycles. The Hall–Kier alpha value is -5.36. The number of hydrogen-bond donors (Lipinski definition) is 5. The Morgan fingerprint density at radius 2 is 1.08 bits per heavy atom. The van der Waals surface area contributed by atoms with Gasteiger partial charge in [-0.25, -0.2) is 0 Å². The second kappa shape index (κ2) is 23.6. The zero-order valence-electron chi connectivity index (χ0n) is 37.4. The Morgan fingerprint density at radius 3 is 1.48 bits per heavy atom. The summed E-state index contributed by atoms with van der Waals surface area (Å²) in [6.07, 6.45) is 3.39. The standard InChI is InChI=1S/C25H33N3O2.C13H19N3O.C12H16O2/c1-17(2)22(19-8-6-5-7-9-19)15-24(29)26-16-21(28(3)4)13-18-10-11-23-20(12-18)14-25(30)27-23;1-16(2)11(8-14)6-9-3-4-12-10(5-9)7-13(17)15-12;1-9(2)11(8-12(13)14)10-6-4-3-5-7-10/h5-12,17,21-22H,13-16H2,1-4H3,(H,26,29)(H,27,30);3-5,11H,6-8,14H2,1-2H3,(H,15,17);3-7,9,11H,8H2,1-2H3,(H,13,14)/t21-,22+;2*11-/m001/s1. The number of benzene rings is 4. The molecule has 0 saturated carbocycles. The maximum absolute atomic E-state index is 12.7. The molecule has 0 fully saturated rings. The van der Waals surface area contributed by atoms with Gasteiger partial charge in [-0.2, -0.15) is 0 Å². The molecule has 0 saturated heterocycles. The molecular formula is C50H68N6O5. The molecule has 0 aromatic heterocycles. The van der Waals surface area contributed by atoms with Gasteiger partial charge in [0.2, 0.25) is 17.7 Å². The Balaban J connectivity index is 0.000000223. The van der Waals surface area contributed by atoms with Crippen molar-refractivity contribution in [2.24, 2.45) is 17.6 Å². The molecule has 0 bridgehead atoms. The number of carboxylic acid groups (broad SMARTS) is 1. The smallest absolute Gasteiger partial charge is 0.303 e. The van der Waals surface area contributed by atoms with Crippen molar-refractivity contribution in [3.8, 4) is 0 Å². The number of carbonyl (C=O) groups excluding carboxylic acids is 3. The highest BCUT2D eigenvalue weighted by molar-refractivity contribution is 5.99. The molecule has 0 spiro atoms. The lowest BCUT2D eigenvalue weighted by Crippen LogP contribution is -2.42. The number of carboxylic acids is 1. The number of aliphatic carboxylic acids is 1. The number of nitrogens with one attached hydrogen (secondary N) is 3. The Bertz CT molecular complexity index is 2030. The first-order chi connectivity index (χ1) is 29.0. The summed E-state index contributed by atoms with van der Waals surface area (Å²) >= 11 is 0. The zero-order chi connectivity index (χ0) is 44.6. The molecule has 6 rings (SSSR count). The average Bonchev–Trinajstić information content (AvgIpc) is 3.79. The molecule has 61 heavy (non-hydrogen) atoms. The van der Waals surface area contributed by atoms with E-state index < -0.39 is 5.97 Å². The van der Waals surface area contributed by atoms with Gasteiger partial charge < -0.3 is 36.6 Å². The van der Waals surface area contributed by atoms with Crippen LogP contribution in [0.25, 0.3) is 0 Å². The predicted molar refractivity (Wildman–Crippen MR) is 247 cm³/mol. The van der Waals surface area contributed by atoms with Crippen LogP contribution >= 0.6 is 0 Å². The van der Waals surface area contributed by atoms with Gasteiger partial charge in [-0.3, -0.25) is 19.2 Å². The van der Waals surface area contributed by atoms with E-state index in [2.05, 4.69) is 89.8 Å². The summed E-state index contributed by atoms with van der Waals surface area (Å²) in [7, 11) is 8.15. The van der Waals surface area contributed by atoms with Gasteiger partial charge in [0.1, 0.15) is 0 Å². The van der Waals surface area contributed by atoms with Crippen molar-refractivity contribution in [3.05, 3.63) is 130 Å².